The first kappa shape index (κ1) is 26.8. The first-order chi connectivity index (χ1) is 16.7. The van der Waals surface area contributed by atoms with Crippen LogP contribution in [-0.4, -0.2) is 94.1 Å². The quantitative estimate of drug-likeness (QED) is 0.344. The highest BCUT2D eigenvalue weighted by Crippen LogP contribution is 2.32. The molecular weight excluding hydrogens is 499 g/mol. The lowest BCUT2D eigenvalue weighted by Gasteiger charge is -2.44. The molecule has 1 aromatic carbocycles. The number of benzene rings is 1. The lowest BCUT2D eigenvalue weighted by Crippen LogP contribution is -2.65. The van der Waals surface area contributed by atoms with E-state index < -0.39 is 53.4 Å². The van der Waals surface area contributed by atoms with E-state index >= 15 is 0 Å². The Bertz CT molecular complexity index is 920. The van der Waals surface area contributed by atoms with Crippen molar-refractivity contribution < 1.29 is 34.0 Å². The zero-order valence-electron chi connectivity index (χ0n) is 19.5. The van der Waals surface area contributed by atoms with E-state index in [0.29, 0.717) is 19.6 Å². The number of hydrogen-bond donors (Lipinski definition) is 5. The molecular formula is C24H32ClFN2O6S. The van der Waals surface area contributed by atoms with Gasteiger partial charge in [0.1, 0.15) is 41.7 Å². The molecule has 0 saturated carbocycles. The van der Waals surface area contributed by atoms with Crippen molar-refractivity contribution in [2.75, 3.05) is 19.4 Å². The summed E-state index contributed by atoms with van der Waals surface area (Å²) in [7, 11) is 0. The maximum absolute atomic E-state index is 13.3. The summed E-state index contributed by atoms with van der Waals surface area (Å²) in [4.78, 5) is 13.3. The summed E-state index contributed by atoms with van der Waals surface area (Å²) in [6.45, 7) is 2.60. The monoisotopic (exact) mass is 530 g/mol. The molecule has 0 spiro atoms. The van der Waals surface area contributed by atoms with Gasteiger partial charge < -0.3 is 35.4 Å². The molecule has 1 aromatic rings. The summed E-state index contributed by atoms with van der Waals surface area (Å²) in [5, 5.41) is 36.5. The number of rotatable bonds is 6. The van der Waals surface area contributed by atoms with Crippen LogP contribution in [0.2, 0.25) is 0 Å². The molecule has 35 heavy (non-hydrogen) atoms. The van der Waals surface area contributed by atoms with Crippen molar-refractivity contribution in [1.82, 2.24) is 10.6 Å². The highest BCUT2D eigenvalue weighted by molar-refractivity contribution is 7.99. The fourth-order valence-corrected chi connectivity index (χ4v) is 5.87. The summed E-state index contributed by atoms with van der Waals surface area (Å²) in [5.74, 6) is -0.710. The number of alkyl halides is 1. The van der Waals surface area contributed by atoms with Crippen molar-refractivity contribution in [2.45, 2.75) is 66.8 Å². The van der Waals surface area contributed by atoms with Gasteiger partial charge in [-0.15, -0.1) is 23.4 Å². The van der Waals surface area contributed by atoms with E-state index in [1.54, 1.807) is 25.3 Å². The van der Waals surface area contributed by atoms with Crippen LogP contribution in [0, 0.1) is 11.7 Å². The molecule has 0 aliphatic carbocycles. The van der Waals surface area contributed by atoms with Gasteiger partial charge in [0.05, 0.1) is 24.1 Å². The Morgan fingerprint density at radius 3 is 2.60 bits per heavy atom. The molecule has 2 fully saturated rings. The van der Waals surface area contributed by atoms with Crippen LogP contribution in [0.3, 0.4) is 0 Å². The minimum Gasteiger partial charge on any atom is -0.388 e. The molecule has 8 nitrogen and oxygen atoms in total. The van der Waals surface area contributed by atoms with Crippen LogP contribution in [0.25, 0.3) is 5.57 Å². The van der Waals surface area contributed by atoms with Crippen LogP contribution in [0.4, 0.5) is 4.39 Å². The number of ether oxygens (including phenoxy) is 2. The van der Waals surface area contributed by atoms with Gasteiger partial charge in [0.2, 0.25) is 5.91 Å². The predicted molar refractivity (Wildman–Crippen MR) is 131 cm³/mol. The number of fused-ring (bicyclic) bond motifs is 1. The molecule has 0 radical (unpaired) electrons. The highest BCUT2D eigenvalue weighted by atomic mass is 35.5. The maximum atomic E-state index is 13.3. The van der Waals surface area contributed by atoms with E-state index in [1.165, 1.54) is 23.9 Å². The predicted octanol–water partition coefficient (Wildman–Crippen LogP) is 0.869. The normalized spacial score (nSPS) is 37.1. The Balaban J connectivity index is 1.47. The van der Waals surface area contributed by atoms with Crippen molar-refractivity contribution in [1.29, 1.82) is 0 Å². The molecule has 2 saturated heterocycles. The molecule has 0 bridgehead atoms. The van der Waals surface area contributed by atoms with Crippen LogP contribution in [0.5, 0.6) is 0 Å². The van der Waals surface area contributed by atoms with Gasteiger partial charge in [0.25, 0.3) is 0 Å². The first-order valence-corrected chi connectivity index (χ1v) is 13.4. The van der Waals surface area contributed by atoms with Gasteiger partial charge in [-0.1, -0.05) is 18.2 Å². The van der Waals surface area contributed by atoms with E-state index in [0.717, 1.165) is 11.1 Å². The van der Waals surface area contributed by atoms with Crippen molar-refractivity contribution in [2.24, 2.45) is 5.92 Å². The standard InChI is InChI=1S/C24H32ClFN2O6S/c1-11(25)16(22-19(30)18(29)20(31)24(34-22)35-2)28-23(32)17-21-14(10-27-17)9-13(7-8-33-21)12-3-5-15(26)6-4-12/h3-6,9,11,14,16-22,24,27,29-31H,7-8,10H2,1-2H3,(H,28,32)/t11-,14-,16+,17-,18?,19?,20?,21+,22?,24?/m0/s1. The summed E-state index contributed by atoms with van der Waals surface area (Å²) >= 11 is 7.58. The molecule has 1 amide bonds. The van der Waals surface area contributed by atoms with E-state index in [1.807, 2.05) is 0 Å². The average molecular weight is 531 g/mol. The van der Waals surface area contributed by atoms with Gasteiger partial charge in [-0.3, -0.25) is 4.79 Å². The number of thioether (sulfide) groups is 1. The minimum atomic E-state index is -1.43. The van der Waals surface area contributed by atoms with E-state index in [9.17, 15) is 24.5 Å². The zero-order chi connectivity index (χ0) is 25.3. The third-order valence-electron chi connectivity index (χ3n) is 6.91. The van der Waals surface area contributed by atoms with Crippen LogP contribution >= 0.6 is 23.4 Å². The molecule has 0 aromatic heterocycles. The number of nitrogens with one attached hydrogen (secondary N) is 2. The third-order valence-corrected chi connectivity index (χ3v) is 8.04. The summed E-state index contributed by atoms with van der Waals surface area (Å²) in [6.07, 6.45) is -1.12. The molecule has 5 N–H and O–H groups in total. The van der Waals surface area contributed by atoms with Crippen molar-refractivity contribution in [3.63, 3.8) is 0 Å². The number of hydrogen-bond acceptors (Lipinski definition) is 8. The van der Waals surface area contributed by atoms with Gasteiger partial charge >= 0.3 is 0 Å². The molecule has 3 aliphatic rings. The topological polar surface area (TPSA) is 120 Å². The number of aliphatic hydroxyl groups excluding tert-OH is 3. The SMILES string of the molecule is CSC1OC([C@H](NC(=O)[C@H]2NC[C@@H]3C=C(c4ccc(F)cc4)CCO[C@@H]23)[C@H](C)Cl)C(O)C(O)C1O. The van der Waals surface area contributed by atoms with Crippen LogP contribution < -0.4 is 10.6 Å². The molecule has 5 unspecified atom stereocenters. The van der Waals surface area contributed by atoms with Crippen LogP contribution in [-0.2, 0) is 14.3 Å². The van der Waals surface area contributed by atoms with Crippen molar-refractivity contribution >= 4 is 34.8 Å². The van der Waals surface area contributed by atoms with E-state index in [2.05, 4.69) is 16.7 Å². The average Bonchev–Trinajstić information content (AvgIpc) is 3.12. The van der Waals surface area contributed by atoms with Gasteiger partial charge in [-0.25, -0.2) is 4.39 Å². The Morgan fingerprint density at radius 1 is 1.23 bits per heavy atom. The Labute approximate surface area is 213 Å². The lowest BCUT2D eigenvalue weighted by molar-refractivity contribution is -0.205. The fraction of sp³-hybridized carbons (Fsp3) is 0.625. The largest absolute Gasteiger partial charge is 0.388 e. The smallest absolute Gasteiger partial charge is 0.240 e. The lowest BCUT2D eigenvalue weighted by atomic mass is 9.92. The zero-order valence-corrected chi connectivity index (χ0v) is 21.1. The number of amides is 1. The Morgan fingerprint density at radius 2 is 1.94 bits per heavy atom. The number of carbonyl (C=O) groups excluding carboxylic acids is 1. The van der Waals surface area contributed by atoms with Gasteiger partial charge in [-0.2, -0.15) is 0 Å². The second kappa shape index (κ2) is 11.4. The Kier molecular flexibility index (Phi) is 8.76. The number of halogens is 2. The van der Waals surface area contributed by atoms with Gasteiger partial charge in [0, 0.05) is 12.5 Å². The van der Waals surface area contributed by atoms with Crippen molar-refractivity contribution in [3.05, 3.63) is 41.7 Å². The van der Waals surface area contributed by atoms with Gasteiger partial charge in [0.15, 0.2) is 0 Å². The van der Waals surface area contributed by atoms with Gasteiger partial charge in [-0.05, 0) is 42.9 Å². The summed E-state index contributed by atoms with van der Waals surface area (Å²) in [6, 6.07) is 4.85. The van der Waals surface area contributed by atoms with E-state index in [-0.39, 0.29) is 17.6 Å². The molecule has 3 heterocycles. The Hall–Kier alpha value is -1.24. The molecule has 11 heteroatoms. The third kappa shape index (κ3) is 5.70. The number of carbonyl (C=O) groups is 1. The van der Waals surface area contributed by atoms with E-state index in [4.69, 9.17) is 21.1 Å². The molecule has 3 aliphatic heterocycles. The first-order valence-electron chi connectivity index (χ1n) is 11.7. The molecule has 194 valence electrons. The fourth-order valence-electron chi connectivity index (χ4n) is 4.99. The molecule has 10 atom stereocenters. The second-order valence-corrected chi connectivity index (χ2v) is 10.8. The summed E-state index contributed by atoms with van der Waals surface area (Å²) < 4.78 is 25.2. The molecule has 4 rings (SSSR count). The maximum Gasteiger partial charge on any atom is 0.240 e. The van der Waals surface area contributed by atoms with Crippen molar-refractivity contribution in [3.8, 4) is 0 Å². The highest BCUT2D eigenvalue weighted by Gasteiger charge is 2.49. The summed E-state index contributed by atoms with van der Waals surface area (Å²) in [5.41, 5.74) is 1.19. The van der Waals surface area contributed by atoms with Crippen LogP contribution in [0.15, 0.2) is 30.3 Å². The second-order valence-electron chi connectivity index (χ2n) is 9.22. The minimum absolute atomic E-state index is 0.0606. The van der Waals surface area contributed by atoms with Crippen LogP contribution in [0.1, 0.15) is 18.9 Å². The number of aliphatic hydroxyl groups is 3.